The van der Waals surface area contributed by atoms with Gasteiger partial charge in [0.2, 0.25) is 5.91 Å². The molecule has 2 aromatic carbocycles. The number of amides is 2. The minimum absolute atomic E-state index is 0.0851. The normalized spacial score (nSPS) is 13.4. The SMILES string of the molecule is O=C(N[C@H](CO)C(=O)NCCOF)OCC1c2ccccc2-c2ccccc21. The van der Waals surface area contributed by atoms with E-state index in [2.05, 4.69) is 15.6 Å². The van der Waals surface area contributed by atoms with Crippen LogP contribution in [-0.2, 0) is 14.5 Å². The lowest BCUT2D eigenvalue weighted by Crippen LogP contribution is -2.49. The number of carbonyl (C=O) groups is 2. The van der Waals surface area contributed by atoms with Crippen molar-refractivity contribution in [2.75, 3.05) is 26.4 Å². The van der Waals surface area contributed by atoms with Gasteiger partial charge in [-0.3, -0.25) is 4.79 Å². The Kier molecular flexibility index (Phi) is 6.57. The van der Waals surface area contributed by atoms with E-state index in [0.717, 1.165) is 22.3 Å². The summed E-state index contributed by atoms with van der Waals surface area (Å²) in [7, 11) is 0. The predicted octanol–water partition coefficient (Wildman–Crippen LogP) is 1.90. The number of ether oxygens (including phenoxy) is 1. The van der Waals surface area contributed by atoms with Gasteiger partial charge in [-0.2, -0.15) is 4.94 Å². The van der Waals surface area contributed by atoms with Crippen LogP contribution >= 0.6 is 0 Å². The molecule has 0 unspecified atom stereocenters. The molecule has 0 radical (unpaired) electrons. The molecular formula is C20H21FN2O5. The summed E-state index contributed by atoms with van der Waals surface area (Å²) in [6.45, 7) is -0.936. The molecule has 7 nitrogen and oxygen atoms in total. The van der Waals surface area contributed by atoms with Crippen LogP contribution in [-0.4, -0.2) is 49.5 Å². The summed E-state index contributed by atoms with van der Waals surface area (Å²) in [5, 5.41) is 13.9. The first-order valence-electron chi connectivity index (χ1n) is 8.89. The molecule has 0 spiro atoms. The number of halogens is 1. The number of hydrogen-bond acceptors (Lipinski definition) is 5. The Hall–Kier alpha value is -2.97. The summed E-state index contributed by atoms with van der Waals surface area (Å²) in [6, 6.07) is 14.7. The molecule has 1 aliphatic rings. The van der Waals surface area contributed by atoms with E-state index in [-0.39, 0.29) is 25.7 Å². The van der Waals surface area contributed by atoms with Gasteiger partial charge in [-0.25, -0.2) is 4.79 Å². The number of hydrogen-bond donors (Lipinski definition) is 3. The van der Waals surface area contributed by atoms with Crippen LogP contribution < -0.4 is 10.6 Å². The number of benzene rings is 2. The van der Waals surface area contributed by atoms with Gasteiger partial charge in [0.05, 0.1) is 6.61 Å². The summed E-state index contributed by atoms with van der Waals surface area (Å²) in [6.07, 6.45) is -0.821. The minimum Gasteiger partial charge on any atom is -0.449 e. The second kappa shape index (κ2) is 9.29. The van der Waals surface area contributed by atoms with Gasteiger partial charge in [-0.15, -0.1) is 0 Å². The first-order valence-corrected chi connectivity index (χ1v) is 8.89. The lowest BCUT2D eigenvalue weighted by Gasteiger charge is -2.18. The van der Waals surface area contributed by atoms with Crippen molar-refractivity contribution in [3.05, 3.63) is 59.7 Å². The summed E-state index contributed by atoms with van der Waals surface area (Å²) < 4.78 is 16.9. The van der Waals surface area contributed by atoms with Gasteiger partial charge < -0.3 is 20.5 Å². The van der Waals surface area contributed by atoms with Crippen LogP contribution in [0.5, 0.6) is 0 Å². The van der Waals surface area contributed by atoms with E-state index < -0.39 is 24.6 Å². The largest absolute Gasteiger partial charge is 0.449 e. The molecule has 0 heterocycles. The van der Waals surface area contributed by atoms with Crippen molar-refractivity contribution in [3.63, 3.8) is 0 Å². The molecule has 2 aromatic rings. The monoisotopic (exact) mass is 388 g/mol. The van der Waals surface area contributed by atoms with Gasteiger partial charge in [0.15, 0.2) is 0 Å². The van der Waals surface area contributed by atoms with E-state index in [1.807, 2.05) is 48.5 Å². The molecule has 3 N–H and O–H groups in total. The summed E-state index contributed by atoms with van der Waals surface area (Å²) in [5.41, 5.74) is 4.35. The van der Waals surface area contributed by atoms with Gasteiger partial charge in [0.25, 0.3) is 0 Å². The van der Waals surface area contributed by atoms with Gasteiger partial charge >= 0.3 is 6.09 Å². The number of rotatable bonds is 8. The van der Waals surface area contributed by atoms with Crippen LogP contribution in [0, 0.1) is 0 Å². The van der Waals surface area contributed by atoms with E-state index in [4.69, 9.17) is 4.74 Å². The van der Waals surface area contributed by atoms with E-state index in [0.29, 0.717) is 0 Å². The molecular weight excluding hydrogens is 367 g/mol. The number of nitrogens with one attached hydrogen (secondary N) is 2. The average molecular weight is 388 g/mol. The zero-order valence-electron chi connectivity index (χ0n) is 15.1. The molecule has 0 saturated carbocycles. The Morgan fingerprint density at radius 3 is 2.25 bits per heavy atom. The summed E-state index contributed by atoms with van der Waals surface area (Å²) in [4.78, 5) is 27.3. The van der Waals surface area contributed by atoms with Gasteiger partial charge in [-0.1, -0.05) is 48.5 Å². The smallest absolute Gasteiger partial charge is 0.407 e. The molecule has 0 saturated heterocycles. The second-order valence-electron chi connectivity index (χ2n) is 6.31. The highest BCUT2D eigenvalue weighted by Crippen LogP contribution is 2.44. The number of fused-ring (bicyclic) bond motifs is 3. The van der Waals surface area contributed by atoms with Crippen LogP contribution in [0.4, 0.5) is 9.32 Å². The van der Waals surface area contributed by atoms with Crippen molar-refractivity contribution >= 4 is 12.0 Å². The van der Waals surface area contributed by atoms with Crippen LogP contribution in [0.1, 0.15) is 17.0 Å². The molecule has 3 rings (SSSR count). The van der Waals surface area contributed by atoms with E-state index in [9.17, 15) is 19.2 Å². The third-order valence-electron chi connectivity index (χ3n) is 4.61. The zero-order valence-corrected chi connectivity index (χ0v) is 15.1. The number of aliphatic hydroxyl groups is 1. The molecule has 1 atom stereocenters. The highest BCUT2D eigenvalue weighted by Gasteiger charge is 2.29. The number of aliphatic hydroxyl groups excluding tert-OH is 1. The maximum Gasteiger partial charge on any atom is 0.407 e. The molecule has 2 amide bonds. The maximum atomic E-state index is 12.1. The molecule has 0 bridgehead atoms. The van der Waals surface area contributed by atoms with Crippen LogP contribution in [0.2, 0.25) is 0 Å². The lowest BCUT2D eigenvalue weighted by molar-refractivity contribution is -0.135. The fourth-order valence-corrected chi connectivity index (χ4v) is 3.31. The molecule has 148 valence electrons. The van der Waals surface area contributed by atoms with Gasteiger partial charge in [-0.05, 0) is 26.8 Å². The molecule has 1 aliphatic carbocycles. The fourth-order valence-electron chi connectivity index (χ4n) is 3.31. The standard InChI is InChI=1S/C20H21FN2O5/c21-28-10-9-22-19(25)18(11-24)23-20(26)27-12-17-15-7-3-1-5-13(15)14-6-2-4-8-16(14)17/h1-8,17-18,24H,9-12H2,(H,22,25)(H,23,26)/t18-/m1/s1. The van der Waals surface area contributed by atoms with Crippen LogP contribution in [0.3, 0.4) is 0 Å². The van der Waals surface area contributed by atoms with Crippen molar-refractivity contribution in [2.24, 2.45) is 0 Å². The number of alkyl carbamates (subject to hydrolysis) is 1. The topological polar surface area (TPSA) is 96.9 Å². The quantitative estimate of drug-likeness (QED) is 0.600. The minimum atomic E-state index is -1.20. The highest BCUT2D eigenvalue weighted by atomic mass is 19.3. The number of carbonyl (C=O) groups excluding carboxylic acids is 2. The van der Waals surface area contributed by atoms with E-state index >= 15 is 0 Å². The summed E-state index contributed by atoms with van der Waals surface area (Å²) >= 11 is 0. The van der Waals surface area contributed by atoms with Crippen molar-refractivity contribution in [1.29, 1.82) is 0 Å². The van der Waals surface area contributed by atoms with Crippen molar-refractivity contribution in [1.82, 2.24) is 10.6 Å². The second-order valence-corrected chi connectivity index (χ2v) is 6.31. The molecule has 8 heteroatoms. The van der Waals surface area contributed by atoms with Crippen molar-refractivity contribution in [2.45, 2.75) is 12.0 Å². The average Bonchev–Trinajstić information content (AvgIpc) is 3.04. The third-order valence-corrected chi connectivity index (χ3v) is 4.61. The Labute approximate surface area is 161 Å². The first-order chi connectivity index (χ1) is 13.7. The Balaban J connectivity index is 1.61. The van der Waals surface area contributed by atoms with Gasteiger partial charge in [0, 0.05) is 12.5 Å². The van der Waals surface area contributed by atoms with Crippen LogP contribution in [0.25, 0.3) is 11.1 Å². The van der Waals surface area contributed by atoms with E-state index in [1.165, 1.54) is 0 Å². The third kappa shape index (κ3) is 4.29. The highest BCUT2D eigenvalue weighted by molar-refractivity contribution is 5.85. The van der Waals surface area contributed by atoms with Crippen molar-refractivity contribution in [3.8, 4) is 11.1 Å². The molecule has 0 aromatic heterocycles. The summed E-state index contributed by atoms with van der Waals surface area (Å²) in [5.74, 6) is -0.769. The maximum absolute atomic E-state index is 12.1. The van der Waals surface area contributed by atoms with Crippen LogP contribution in [0.15, 0.2) is 48.5 Å². The van der Waals surface area contributed by atoms with Crippen molar-refractivity contribution < 1.29 is 28.9 Å². The molecule has 0 fully saturated rings. The first kappa shape index (κ1) is 19.8. The Morgan fingerprint density at radius 1 is 1.07 bits per heavy atom. The fraction of sp³-hybridized carbons (Fsp3) is 0.300. The predicted molar refractivity (Wildman–Crippen MR) is 99.1 cm³/mol. The Bertz CT molecular complexity index is 799. The lowest BCUT2D eigenvalue weighted by atomic mass is 9.98. The Morgan fingerprint density at radius 2 is 1.68 bits per heavy atom. The molecule has 28 heavy (non-hydrogen) atoms. The van der Waals surface area contributed by atoms with Gasteiger partial charge in [0.1, 0.15) is 19.3 Å². The van der Waals surface area contributed by atoms with E-state index in [1.54, 1.807) is 0 Å². The molecule has 0 aliphatic heterocycles. The zero-order chi connectivity index (χ0) is 19.9.